The molecule has 0 spiro atoms. The van der Waals surface area contributed by atoms with Crippen molar-refractivity contribution in [2.24, 2.45) is 0 Å². The first-order chi connectivity index (χ1) is 11.5. The summed E-state index contributed by atoms with van der Waals surface area (Å²) in [7, 11) is 1.63. The van der Waals surface area contributed by atoms with Gasteiger partial charge in [-0.1, -0.05) is 36.4 Å². The molecule has 0 radical (unpaired) electrons. The van der Waals surface area contributed by atoms with Gasteiger partial charge in [-0.15, -0.1) is 0 Å². The Labute approximate surface area is 141 Å². The van der Waals surface area contributed by atoms with Gasteiger partial charge in [0.25, 0.3) is 0 Å². The third-order valence-corrected chi connectivity index (χ3v) is 4.53. The second-order valence-electron chi connectivity index (χ2n) is 5.91. The lowest BCUT2D eigenvalue weighted by atomic mass is 9.71. The summed E-state index contributed by atoms with van der Waals surface area (Å²) in [6.45, 7) is 2.09. The predicted molar refractivity (Wildman–Crippen MR) is 93.1 cm³/mol. The maximum Gasteiger partial charge on any atom is 0.123 e. The van der Waals surface area contributed by atoms with Crippen molar-refractivity contribution in [2.45, 2.75) is 12.3 Å². The fourth-order valence-corrected chi connectivity index (χ4v) is 3.00. The van der Waals surface area contributed by atoms with Crippen molar-refractivity contribution in [3.05, 3.63) is 95.3 Å². The van der Waals surface area contributed by atoms with Gasteiger partial charge in [-0.2, -0.15) is 0 Å². The van der Waals surface area contributed by atoms with E-state index in [2.05, 4.69) is 6.92 Å². The maximum atomic E-state index is 13.4. The van der Waals surface area contributed by atoms with Gasteiger partial charge in [0.05, 0.1) is 7.11 Å². The minimum absolute atomic E-state index is 0.218. The number of rotatable bonds is 4. The van der Waals surface area contributed by atoms with Crippen LogP contribution in [-0.2, 0) is 5.41 Å². The summed E-state index contributed by atoms with van der Waals surface area (Å²) in [5.74, 6) is 0.738. The Balaban J connectivity index is 2.18. The van der Waals surface area contributed by atoms with Crippen LogP contribution in [0, 0.1) is 5.82 Å². The van der Waals surface area contributed by atoms with E-state index in [1.54, 1.807) is 31.4 Å². The highest BCUT2D eigenvalue weighted by atomic mass is 19.1. The Hall–Kier alpha value is -2.81. The molecular weight excluding hydrogens is 303 g/mol. The summed E-state index contributed by atoms with van der Waals surface area (Å²) in [6.07, 6.45) is 0. The zero-order chi connectivity index (χ0) is 17.2. The van der Waals surface area contributed by atoms with E-state index in [1.165, 1.54) is 12.1 Å². The quantitative estimate of drug-likeness (QED) is 0.693. The first-order valence-corrected chi connectivity index (χ1v) is 7.74. The van der Waals surface area contributed by atoms with Gasteiger partial charge in [-0.25, -0.2) is 4.39 Å². The third-order valence-electron chi connectivity index (χ3n) is 4.53. The van der Waals surface area contributed by atoms with E-state index in [0.717, 1.165) is 22.4 Å². The van der Waals surface area contributed by atoms with Crippen LogP contribution in [0.4, 0.5) is 4.39 Å². The van der Waals surface area contributed by atoms with E-state index in [1.807, 2.05) is 36.4 Å². The minimum Gasteiger partial charge on any atom is -0.508 e. The van der Waals surface area contributed by atoms with E-state index < -0.39 is 5.41 Å². The second-order valence-corrected chi connectivity index (χ2v) is 5.91. The molecule has 0 aliphatic carbocycles. The van der Waals surface area contributed by atoms with Gasteiger partial charge in [0, 0.05) is 5.41 Å². The largest absolute Gasteiger partial charge is 0.508 e. The van der Waals surface area contributed by atoms with Crippen LogP contribution in [0.5, 0.6) is 11.5 Å². The lowest BCUT2D eigenvalue weighted by Crippen LogP contribution is -2.25. The summed E-state index contributed by atoms with van der Waals surface area (Å²) < 4.78 is 18.6. The highest BCUT2D eigenvalue weighted by Gasteiger charge is 2.31. The van der Waals surface area contributed by atoms with Crippen molar-refractivity contribution in [1.82, 2.24) is 0 Å². The molecule has 0 aromatic heterocycles. The molecule has 0 aliphatic heterocycles. The van der Waals surface area contributed by atoms with Gasteiger partial charge >= 0.3 is 0 Å². The summed E-state index contributed by atoms with van der Waals surface area (Å²) in [4.78, 5) is 0. The van der Waals surface area contributed by atoms with Crippen molar-refractivity contribution in [1.29, 1.82) is 0 Å². The number of aromatic hydroxyl groups is 1. The normalized spacial score (nSPS) is 13.3. The monoisotopic (exact) mass is 322 g/mol. The maximum absolute atomic E-state index is 13.4. The van der Waals surface area contributed by atoms with Crippen LogP contribution >= 0.6 is 0 Å². The van der Waals surface area contributed by atoms with Crippen molar-refractivity contribution in [2.75, 3.05) is 7.11 Å². The molecule has 1 atom stereocenters. The molecule has 0 amide bonds. The van der Waals surface area contributed by atoms with Crippen molar-refractivity contribution in [3.63, 3.8) is 0 Å². The number of ether oxygens (including phenoxy) is 1. The molecule has 2 nitrogen and oxygen atoms in total. The Morgan fingerprint density at radius 2 is 1.17 bits per heavy atom. The molecule has 0 bridgehead atoms. The van der Waals surface area contributed by atoms with Crippen LogP contribution in [0.15, 0.2) is 72.8 Å². The van der Waals surface area contributed by atoms with Gasteiger partial charge in [0.2, 0.25) is 0 Å². The number of benzene rings is 3. The van der Waals surface area contributed by atoms with E-state index in [0.29, 0.717) is 0 Å². The summed E-state index contributed by atoms with van der Waals surface area (Å²) in [5, 5.41) is 9.60. The molecule has 0 heterocycles. The average molecular weight is 322 g/mol. The van der Waals surface area contributed by atoms with E-state index in [9.17, 15) is 9.50 Å². The SMILES string of the molecule is COc1ccc([C@](C)(c2ccc(O)cc2)c2ccc(F)cc2)cc1. The predicted octanol–water partition coefficient (Wildman–Crippen LogP) is 4.89. The fourth-order valence-electron chi connectivity index (χ4n) is 3.00. The van der Waals surface area contributed by atoms with Crippen molar-refractivity contribution in [3.8, 4) is 11.5 Å². The molecule has 0 aliphatic rings. The molecule has 3 heteroatoms. The summed E-state index contributed by atoms with van der Waals surface area (Å²) >= 11 is 0. The van der Waals surface area contributed by atoms with Crippen LogP contribution in [-0.4, -0.2) is 12.2 Å². The first-order valence-electron chi connectivity index (χ1n) is 7.74. The number of hydrogen-bond donors (Lipinski definition) is 1. The van der Waals surface area contributed by atoms with Crippen molar-refractivity contribution < 1.29 is 14.2 Å². The van der Waals surface area contributed by atoms with E-state index in [4.69, 9.17) is 4.74 Å². The Morgan fingerprint density at radius 1 is 0.750 bits per heavy atom. The Bertz CT molecular complexity index is 760. The van der Waals surface area contributed by atoms with Gasteiger partial charge in [0.15, 0.2) is 0 Å². The lowest BCUT2D eigenvalue weighted by Gasteiger charge is -2.32. The Morgan fingerprint density at radius 3 is 1.62 bits per heavy atom. The fraction of sp³-hybridized carbons (Fsp3) is 0.143. The molecule has 24 heavy (non-hydrogen) atoms. The number of methoxy groups -OCH3 is 1. The van der Waals surface area contributed by atoms with Gasteiger partial charge in [-0.05, 0) is 60.0 Å². The van der Waals surface area contributed by atoms with E-state index >= 15 is 0 Å². The number of hydrogen-bond acceptors (Lipinski definition) is 2. The molecule has 3 rings (SSSR count). The molecule has 0 saturated carbocycles. The molecule has 1 N–H and O–H groups in total. The minimum atomic E-state index is -0.479. The first kappa shape index (κ1) is 16.1. The highest BCUT2D eigenvalue weighted by Crippen LogP contribution is 2.39. The molecular formula is C21H19FO2. The van der Waals surface area contributed by atoms with Crippen LogP contribution < -0.4 is 4.74 Å². The van der Waals surface area contributed by atoms with Crippen molar-refractivity contribution >= 4 is 0 Å². The highest BCUT2D eigenvalue weighted by molar-refractivity contribution is 5.51. The van der Waals surface area contributed by atoms with Gasteiger partial charge in [-0.3, -0.25) is 0 Å². The molecule has 0 fully saturated rings. The second kappa shape index (κ2) is 6.36. The van der Waals surface area contributed by atoms with Crippen LogP contribution in [0.25, 0.3) is 0 Å². The number of phenols is 1. The smallest absolute Gasteiger partial charge is 0.123 e. The molecule has 3 aromatic carbocycles. The Kier molecular flexibility index (Phi) is 4.26. The summed E-state index contributed by atoms with van der Waals surface area (Å²) in [6, 6.07) is 21.5. The third kappa shape index (κ3) is 2.85. The lowest BCUT2D eigenvalue weighted by molar-refractivity contribution is 0.414. The zero-order valence-electron chi connectivity index (χ0n) is 13.7. The number of halogens is 1. The molecule has 0 saturated heterocycles. The standard InChI is InChI=1S/C21H19FO2/c1-21(15-3-9-18(22)10-4-15,16-5-11-19(23)12-6-16)17-7-13-20(24-2)14-8-17/h3-14,23H,1-2H3/t21-/m0/s1. The van der Waals surface area contributed by atoms with Crippen LogP contribution in [0.1, 0.15) is 23.6 Å². The number of phenolic OH excluding ortho intramolecular Hbond substituents is 1. The van der Waals surface area contributed by atoms with Gasteiger partial charge in [0.1, 0.15) is 17.3 Å². The summed E-state index contributed by atoms with van der Waals surface area (Å²) in [5.41, 5.74) is 2.56. The van der Waals surface area contributed by atoms with Crippen LogP contribution in [0.3, 0.4) is 0 Å². The van der Waals surface area contributed by atoms with Crippen LogP contribution in [0.2, 0.25) is 0 Å². The average Bonchev–Trinajstić information content (AvgIpc) is 2.62. The topological polar surface area (TPSA) is 29.5 Å². The van der Waals surface area contributed by atoms with Gasteiger partial charge < -0.3 is 9.84 Å². The molecule has 3 aromatic rings. The molecule has 122 valence electrons. The van der Waals surface area contributed by atoms with E-state index in [-0.39, 0.29) is 11.6 Å². The molecule has 0 unspecified atom stereocenters. The zero-order valence-corrected chi connectivity index (χ0v) is 13.7.